The number of aromatic nitrogens is 1. The molecule has 0 atom stereocenters. The summed E-state index contributed by atoms with van der Waals surface area (Å²) in [6.07, 6.45) is 3.49. The highest BCUT2D eigenvalue weighted by atomic mass is 35.5. The van der Waals surface area contributed by atoms with Gasteiger partial charge in [-0.05, 0) is 30.9 Å². The number of nitrogens with zero attached hydrogens (tertiary/aromatic N) is 2. The number of pyridine rings is 1. The largest absolute Gasteiger partial charge is 0.335 e. The molecular weight excluding hydrogens is 260 g/mol. The monoisotopic (exact) mass is 282 g/mol. The van der Waals surface area contributed by atoms with E-state index in [1.807, 2.05) is 4.90 Å². The Morgan fingerprint density at radius 3 is 2.37 bits per heavy atom. The maximum absolute atomic E-state index is 12.6. The molecule has 19 heavy (non-hydrogen) atoms. The summed E-state index contributed by atoms with van der Waals surface area (Å²) in [5, 5.41) is 0.412. The summed E-state index contributed by atoms with van der Waals surface area (Å²) < 4.78 is 0. The molecule has 0 aromatic carbocycles. The molecule has 0 unspecified atom stereocenters. The van der Waals surface area contributed by atoms with Crippen molar-refractivity contribution in [3.05, 3.63) is 29.0 Å². The van der Waals surface area contributed by atoms with Crippen LogP contribution >= 0.6 is 11.6 Å². The summed E-state index contributed by atoms with van der Waals surface area (Å²) >= 11 is 5.76. The van der Waals surface area contributed by atoms with E-state index in [0.29, 0.717) is 16.6 Å². The van der Waals surface area contributed by atoms with Crippen LogP contribution in [0, 0.1) is 5.92 Å². The summed E-state index contributed by atoms with van der Waals surface area (Å²) in [6, 6.07) is 3.69. The molecule has 0 aliphatic rings. The van der Waals surface area contributed by atoms with Gasteiger partial charge in [-0.3, -0.25) is 4.79 Å². The number of carbonyl (C=O) groups excluding carboxylic acids is 1. The normalized spacial score (nSPS) is 11.1. The molecule has 1 aromatic rings. The van der Waals surface area contributed by atoms with Crippen LogP contribution in [0.5, 0.6) is 0 Å². The van der Waals surface area contributed by atoms with E-state index in [-0.39, 0.29) is 11.9 Å². The quantitative estimate of drug-likeness (QED) is 0.738. The second-order valence-electron chi connectivity index (χ2n) is 5.19. The molecule has 0 saturated carbocycles. The first-order chi connectivity index (χ1) is 8.99. The highest BCUT2D eigenvalue weighted by molar-refractivity contribution is 6.29. The zero-order valence-electron chi connectivity index (χ0n) is 12.2. The van der Waals surface area contributed by atoms with Gasteiger partial charge in [0.15, 0.2) is 0 Å². The molecule has 0 aliphatic carbocycles. The summed E-state index contributed by atoms with van der Waals surface area (Å²) in [6.45, 7) is 9.27. The van der Waals surface area contributed by atoms with Crippen LogP contribution in [0.1, 0.15) is 50.9 Å². The fraction of sp³-hybridized carbons (Fsp3) is 0.600. The standard InChI is InChI=1S/C15H23ClN2O/c1-5-13(6-2)18(10-11(3)4)15(19)12-7-8-14(16)17-9-12/h7-9,11,13H,5-6,10H2,1-4H3. The molecule has 106 valence electrons. The first-order valence-corrected chi connectivity index (χ1v) is 7.29. The van der Waals surface area contributed by atoms with Crippen molar-refractivity contribution < 1.29 is 4.79 Å². The first-order valence-electron chi connectivity index (χ1n) is 6.92. The molecule has 0 spiro atoms. The average Bonchev–Trinajstić information content (AvgIpc) is 2.38. The van der Waals surface area contributed by atoms with Crippen LogP contribution < -0.4 is 0 Å². The van der Waals surface area contributed by atoms with Crippen molar-refractivity contribution in [2.75, 3.05) is 6.54 Å². The minimum Gasteiger partial charge on any atom is -0.335 e. The average molecular weight is 283 g/mol. The predicted octanol–water partition coefficient (Wildman–Crippen LogP) is 4.02. The molecule has 0 bridgehead atoms. The zero-order valence-corrected chi connectivity index (χ0v) is 12.9. The van der Waals surface area contributed by atoms with Gasteiger partial charge in [-0.2, -0.15) is 0 Å². The van der Waals surface area contributed by atoms with Gasteiger partial charge in [-0.1, -0.05) is 39.3 Å². The highest BCUT2D eigenvalue weighted by Crippen LogP contribution is 2.16. The Morgan fingerprint density at radius 1 is 1.32 bits per heavy atom. The van der Waals surface area contributed by atoms with Crippen molar-refractivity contribution in [2.45, 2.75) is 46.6 Å². The molecule has 0 N–H and O–H groups in total. The van der Waals surface area contributed by atoms with Crippen LogP contribution in [-0.2, 0) is 0 Å². The van der Waals surface area contributed by atoms with E-state index in [4.69, 9.17) is 11.6 Å². The molecule has 4 heteroatoms. The molecule has 1 rings (SSSR count). The van der Waals surface area contributed by atoms with Crippen LogP contribution in [0.3, 0.4) is 0 Å². The smallest absolute Gasteiger partial charge is 0.255 e. The highest BCUT2D eigenvalue weighted by Gasteiger charge is 2.23. The minimum atomic E-state index is 0.0477. The fourth-order valence-corrected chi connectivity index (χ4v) is 2.30. The Balaban J connectivity index is 2.96. The van der Waals surface area contributed by atoms with Gasteiger partial charge in [0.25, 0.3) is 5.91 Å². The summed E-state index contributed by atoms with van der Waals surface area (Å²) in [5.41, 5.74) is 0.608. The maximum Gasteiger partial charge on any atom is 0.255 e. The van der Waals surface area contributed by atoms with Gasteiger partial charge >= 0.3 is 0 Å². The molecule has 0 radical (unpaired) electrons. The van der Waals surface area contributed by atoms with Gasteiger partial charge in [0.1, 0.15) is 5.15 Å². The van der Waals surface area contributed by atoms with Crippen molar-refractivity contribution in [1.82, 2.24) is 9.88 Å². The van der Waals surface area contributed by atoms with Gasteiger partial charge < -0.3 is 4.90 Å². The van der Waals surface area contributed by atoms with E-state index in [9.17, 15) is 4.79 Å². The van der Waals surface area contributed by atoms with Gasteiger partial charge in [0.05, 0.1) is 5.56 Å². The fourth-order valence-electron chi connectivity index (χ4n) is 2.19. The lowest BCUT2D eigenvalue weighted by atomic mass is 10.1. The van der Waals surface area contributed by atoms with Gasteiger partial charge in [-0.15, -0.1) is 0 Å². The van der Waals surface area contributed by atoms with E-state index in [1.165, 1.54) is 0 Å². The number of halogens is 1. The van der Waals surface area contributed by atoms with E-state index in [2.05, 4.69) is 32.7 Å². The molecule has 0 fully saturated rings. The van der Waals surface area contributed by atoms with Gasteiger partial charge in [-0.25, -0.2) is 4.98 Å². The first kappa shape index (κ1) is 16.0. The molecular formula is C15H23ClN2O. The Kier molecular flexibility index (Phi) is 6.29. The van der Waals surface area contributed by atoms with E-state index in [1.54, 1.807) is 18.3 Å². The molecule has 1 amide bonds. The van der Waals surface area contributed by atoms with Crippen molar-refractivity contribution in [2.24, 2.45) is 5.92 Å². The molecule has 1 aromatic heterocycles. The Bertz CT molecular complexity index is 399. The third kappa shape index (κ3) is 4.50. The third-order valence-corrected chi connectivity index (χ3v) is 3.40. The van der Waals surface area contributed by atoms with Gasteiger partial charge in [0, 0.05) is 18.8 Å². The number of amides is 1. The lowest BCUT2D eigenvalue weighted by Gasteiger charge is -2.32. The second kappa shape index (κ2) is 7.49. The zero-order chi connectivity index (χ0) is 14.4. The number of hydrogen-bond donors (Lipinski definition) is 0. The minimum absolute atomic E-state index is 0.0477. The van der Waals surface area contributed by atoms with Crippen molar-refractivity contribution in [3.8, 4) is 0 Å². The van der Waals surface area contributed by atoms with Crippen molar-refractivity contribution in [1.29, 1.82) is 0 Å². The van der Waals surface area contributed by atoms with Crippen LogP contribution in [0.4, 0.5) is 0 Å². The number of hydrogen-bond acceptors (Lipinski definition) is 2. The van der Waals surface area contributed by atoms with Crippen molar-refractivity contribution >= 4 is 17.5 Å². The summed E-state index contributed by atoms with van der Waals surface area (Å²) in [7, 11) is 0. The van der Waals surface area contributed by atoms with Crippen LogP contribution in [0.15, 0.2) is 18.3 Å². The predicted molar refractivity (Wildman–Crippen MR) is 79.5 cm³/mol. The number of carbonyl (C=O) groups is 1. The second-order valence-corrected chi connectivity index (χ2v) is 5.58. The molecule has 0 saturated heterocycles. The van der Waals surface area contributed by atoms with E-state index in [0.717, 1.165) is 19.4 Å². The lowest BCUT2D eigenvalue weighted by Crippen LogP contribution is -2.42. The maximum atomic E-state index is 12.6. The van der Waals surface area contributed by atoms with E-state index >= 15 is 0 Å². The number of rotatable bonds is 6. The SMILES string of the molecule is CCC(CC)N(CC(C)C)C(=O)c1ccc(Cl)nc1. The lowest BCUT2D eigenvalue weighted by molar-refractivity contribution is 0.0640. The van der Waals surface area contributed by atoms with Crippen LogP contribution in [-0.4, -0.2) is 28.4 Å². The van der Waals surface area contributed by atoms with Crippen LogP contribution in [0.2, 0.25) is 5.15 Å². The summed E-state index contributed by atoms with van der Waals surface area (Å²) in [4.78, 5) is 18.6. The molecule has 3 nitrogen and oxygen atoms in total. The molecule has 1 heterocycles. The molecule has 0 aliphatic heterocycles. The van der Waals surface area contributed by atoms with Crippen molar-refractivity contribution in [3.63, 3.8) is 0 Å². The Hall–Kier alpha value is -1.09. The topological polar surface area (TPSA) is 33.2 Å². The van der Waals surface area contributed by atoms with E-state index < -0.39 is 0 Å². The summed E-state index contributed by atoms with van der Waals surface area (Å²) in [5.74, 6) is 0.497. The Morgan fingerprint density at radius 2 is 1.95 bits per heavy atom. The Labute approximate surface area is 121 Å². The van der Waals surface area contributed by atoms with Crippen LogP contribution in [0.25, 0.3) is 0 Å². The van der Waals surface area contributed by atoms with Gasteiger partial charge in [0.2, 0.25) is 0 Å². The third-order valence-electron chi connectivity index (χ3n) is 3.18.